The molecule has 0 spiro atoms. The lowest BCUT2D eigenvalue weighted by atomic mass is 10.1. The molecule has 4 heteroatoms. The summed E-state index contributed by atoms with van der Waals surface area (Å²) in [5.41, 5.74) is 0. The molecular weight excluding hydrogens is 168 g/mol. The Bertz CT molecular complexity index is 156. The smallest absolute Gasteiger partial charge is 0.314 e. The molecule has 0 atom stereocenters. The largest absolute Gasteiger partial charge is 0.395 e. The van der Waals surface area contributed by atoms with Crippen molar-refractivity contribution in [2.45, 2.75) is 25.7 Å². The van der Waals surface area contributed by atoms with Gasteiger partial charge < -0.3 is 15.7 Å². The Balaban J connectivity index is 2.00. The van der Waals surface area contributed by atoms with Gasteiger partial charge in [-0.1, -0.05) is 12.8 Å². The lowest BCUT2D eigenvalue weighted by Gasteiger charge is -2.10. The van der Waals surface area contributed by atoms with E-state index in [2.05, 4.69) is 10.6 Å². The Morgan fingerprint density at radius 1 is 1.31 bits per heavy atom. The summed E-state index contributed by atoms with van der Waals surface area (Å²) in [5, 5.41) is 13.8. The van der Waals surface area contributed by atoms with Gasteiger partial charge in [0.25, 0.3) is 0 Å². The molecule has 0 radical (unpaired) electrons. The van der Waals surface area contributed by atoms with Crippen LogP contribution in [-0.2, 0) is 0 Å². The average molecular weight is 186 g/mol. The van der Waals surface area contributed by atoms with Crippen molar-refractivity contribution in [3.8, 4) is 0 Å². The third kappa shape index (κ3) is 4.12. The molecule has 0 unspecified atom stereocenters. The predicted octanol–water partition coefficient (Wildman–Crippen LogP) is 0.468. The van der Waals surface area contributed by atoms with E-state index in [0.717, 1.165) is 6.54 Å². The summed E-state index contributed by atoms with van der Waals surface area (Å²) in [7, 11) is 0. The highest BCUT2D eigenvalue weighted by molar-refractivity contribution is 5.73. The number of carbonyl (C=O) groups is 1. The van der Waals surface area contributed by atoms with Crippen LogP contribution in [0.25, 0.3) is 0 Å². The molecule has 1 saturated carbocycles. The van der Waals surface area contributed by atoms with Gasteiger partial charge in [0.15, 0.2) is 0 Å². The van der Waals surface area contributed by atoms with Crippen molar-refractivity contribution < 1.29 is 9.90 Å². The molecule has 1 fully saturated rings. The summed E-state index contributed by atoms with van der Waals surface area (Å²) in [4.78, 5) is 11.0. The number of amides is 2. The molecule has 4 nitrogen and oxygen atoms in total. The molecule has 0 aliphatic heterocycles. The fourth-order valence-corrected chi connectivity index (χ4v) is 1.68. The molecule has 0 saturated heterocycles. The van der Waals surface area contributed by atoms with E-state index in [9.17, 15) is 4.79 Å². The lowest BCUT2D eigenvalue weighted by molar-refractivity contribution is 0.232. The molecule has 0 bridgehead atoms. The average Bonchev–Trinajstić information content (AvgIpc) is 2.64. The summed E-state index contributed by atoms with van der Waals surface area (Å²) in [6.07, 6.45) is 5.07. The SMILES string of the molecule is O=C(NCCO)NCC1CCCC1. The van der Waals surface area contributed by atoms with E-state index in [-0.39, 0.29) is 12.6 Å². The van der Waals surface area contributed by atoms with E-state index in [1.54, 1.807) is 0 Å². The highest BCUT2D eigenvalue weighted by Gasteiger charge is 2.15. The first kappa shape index (κ1) is 10.3. The molecule has 1 aliphatic carbocycles. The minimum atomic E-state index is -0.166. The van der Waals surface area contributed by atoms with Crippen molar-refractivity contribution >= 4 is 6.03 Å². The van der Waals surface area contributed by atoms with Gasteiger partial charge in [-0.3, -0.25) is 0 Å². The van der Waals surface area contributed by atoms with E-state index in [1.807, 2.05) is 0 Å². The normalized spacial score (nSPS) is 17.3. The minimum Gasteiger partial charge on any atom is -0.395 e. The first-order valence-corrected chi connectivity index (χ1v) is 4.95. The molecule has 2 amide bonds. The molecular formula is C9H18N2O2. The first-order valence-electron chi connectivity index (χ1n) is 4.95. The minimum absolute atomic E-state index is 0.00313. The van der Waals surface area contributed by atoms with Crippen LogP contribution in [0.3, 0.4) is 0 Å². The van der Waals surface area contributed by atoms with Crippen LogP contribution < -0.4 is 10.6 Å². The Labute approximate surface area is 78.7 Å². The van der Waals surface area contributed by atoms with E-state index >= 15 is 0 Å². The highest BCUT2D eigenvalue weighted by Crippen LogP contribution is 2.23. The number of hydrogen-bond acceptors (Lipinski definition) is 2. The van der Waals surface area contributed by atoms with Crippen molar-refractivity contribution in [1.82, 2.24) is 10.6 Å². The zero-order valence-corrected chi connectivity index (χ0v) is 7.88. The number of aliphatic hydroxyl groups is 1. The second-order valence-corrected chi connectivity index (χ2v) is 3.51. The van der Waals surface area contributed by atoms with Crippen LogP contribution in [0.15, 0.2) is 0 Å². The van der Waals surface area contributed by atoms with Crippen LogP contribution in [0.5, 0.6) is 0 Å². The second kappa shape index (κ2) is 5.80. The molecule has 0 aromatic rings. The summed E-state index contributed by atoms with van der Waals surface area (Å²) < 4.78 is 0. The van der Waals surface area contributed by atoms with E-state index < -0.39 is 0 Å². The van der Waals surface area contributed by atoms with E-state index in [1.165, 1.54) is 25.7 Å². The van der Waals surface area contributed by atoms with Crippen molar-refractivity contribution in [3.05, 3.63) is 0 Å². The Morgan fingerprint density at radius 2 is 2.00 bits per heavy atom. The highest BCUT2D eigenvalue weighted by atomic mass is 16.3. The first-order chi connectivity index (χ1) is 6.33. The van der Waals surface area contributed by atoms with Crippen LogP contribution in [-0.4, -0.2) is 30.8 Å². The van der Waals surface area contributed by atoms with E-state index in [0.29, 0.717) is 12.5 Å². The zero-order valence-electron chi connectivity index (χ0n) is 7.88. The molecule has 0 aromatic heterocycles. The zero-order chi connectivity index (χ0) is 9.52. The number of aliphatic hydroxyl groups excluding tert-OH is 1. The standard InChI is InChI=1S/C9H18N2O2/c12-6-5-10-9(13)11-7-8-3-1-2-4-8/h8,12H,1-7H2,(H2,10,11,13). The number of urea groups is 1. The maximum Gasteiger partial charge on any atom is 0.314 e. The van der Waals surface area contributed by atoms with Gasteiger partial charge in [0.1, 0.15) is 0 Å². The number of hydrogen-bond donors (Lipinski definition) is 3. The maximum atomic E-state index is 11.0. The van der Waals surface area contributed by atoms with E-state index in [4.69, 9.17) is 5.11 Å². The third-order valence-electron chi connectivity index (χ3n) is 2.42. The Hall–Kier alpha value is -0.770. The topological polar surface area (TPSA) is 61.4 Å². The van der Waals surface area contributed by atoms with Crippen LogP contribution in [0.2, 0.25) is 0 Å². The number of nitrogens with one attached hydrogen (secondary N) is 2. The monoisotopic (exact) mass is 186 g/mol. The van der Waals surface area contributed by atoms with Gasteiger partial charge in [0.05, 0.1) is 6.61 Å². The van der Waals surface area contributed by atoms with Gasteiger partial charge in [0, 0.05) is 13.1 Å². The fourth-order valence-electron chi connectivity index (χ4n) is 1.68. The number of rotatable bonds is 4. The van der Waals surface area contributed by atoms with Gasteiger partial charge >= 0.3 is 6.03 Å². The van der Waals surface area contributed by atoms with Crippen LogP contribution in [0, 0.1) is 5.92 Å². The molecule has 1 aliphatic rings. The lowest BCUT2D eigenvalue weighted by Crippen LogP contribution is -2.39. The molecule has 3 N–H and O–H groups in total. The molecule has 0 aromatic carbocycles. The van der Waals surface area contributed by atoms with Gasteiger partial charge in [-0.25, -0.2) is 4.79 Å². The quantitative estimate of drug-likeness (QED) is 0.597. The fraction of sp³-hybridized carbons (Fsp3) is 0.889. The summed E-state index contributed by atoms with van der Waals surface area (Å²) in [5.74, 6) is 0.667. The van der Waals surface area contributed by atoms with Crippen molar-refractivity contribution in [1.29, 1.82) is 0 Å². The molecule has 0 heterocycles. The van der Waals surface area contributed by atoms with Crippen LogP contribution in [0.4, 0.5) is 4.79 Å². The maximum absolute atomic E-state index is 11.0. The second-order valence-electron chi connectivity index (χ2n) is 3.51. The number of carbonyl (C=O) groups excluding carboxylic acids is 1. The summed E-state index contributed by atoms with van der Waals surface area (Å²) in [6.45, 7) is 1.10. The van der Waals surface area contributed by atoms with Crippen molar-refractivity contribution in [2.24, 2.45) is 5.92 Å². The Morgan fingerprint density at radius 3 is 2.62 bits per heavy atom. The summed E-state index contributed by atoms with van der Waals surface area (Å²) >= 11 is 0. The van der Waals surface area contributed by atoms with Crippen molar-refractivity contribution in [3.63, 3.8) is 0 Å². The third-order valence-corrected chi connectivity index (χ3v) is 2.42. The molecule has 76 valence electrons. The molecule has 13 heavy (non-hydrogen) atoms. The predicted molar refractivity (Wildman–Crippen MR) is 50.4 cm³/mol. The molecule has 1 rings (SSSR count). The van der Waals surface area contributed by atoms with Crippen LogP contribution in [0.1, 0.15) is 25.7 Å². The van der Waals surface area contributed by atoms with Gasteiger partial charge in [-0.05, 0) is 18.8 Å². The van der Waals surface area contributed by atoms with Gasteiger partial charge in [-0.2, -0.15) is 0 Å². The van der Waals surface area contributed by atoms with Gasteiger partial charge in [-0.15, -0.1) is 0 Å². The van der Waals surface area contributed by atoms with Gasteiger partial charge in [0.2, 0.25) is 0 Å². The Kier molecular flexibility index (Phi) is 4.60. The summed E-state index contributed by atoms with van der Waals surface area (Å²) in [6, 6.07) is -0.166. The van der Waals surface area contributed by atoms with Crippen molar-refractivity contribution in [2.75, 3.05) is 19.7 Å². The van der Waals surface area contributed by atoms with Crippen LogP contribution >= 0.6 is 0 Å².